The Hall–Kier alpha value is -0.570. The number of hydrogen-bond acceptors (Lipinski definition) is 2. The maximum Gasteiger partial charge on any atom is 0.220 e. The fraction of sp³-hybridized carbons (Fsp3) is 0.917. The van der Waals surface area contributed by atoms with Crippen LogP contribution in [0, 0.1) is 5.41 Å². The van der Waals surface area contributed by atoms with E-state index in [1.54, 1.807) is 0 Å². The highest BCUT2D eigenvalue weighted by molar-refractivity contribution is 5.76. The molecule has 15 heavy (non-hydrogen) atoms. The van der Waals surface area contributed by atoms with E-state index in [1.807, 2.05) is 6.92 Å². The van der Waals surface area contributed by atoms with Gasteiger partial charge in [-0.3, -0.25) is 4.79 Å². The summed E-state index contributed by atoms with van der Waals surface area (Å²) in [5, 5.41) is 3.01. The van der Waals surface area contributed by atoms with Crippen molar-refractivity contribution < 1.29 is 9.53 Å². The van der Waals surface area contributed by atoms with Crippen LogP contribution in [0.25, 0.3) is 0 Å². The zero-order chi connectivity index (χ0) is 11.5. The van der Waals surface area contributed by atoms with Gasteiger partial charge in [0.1, 0.15) is 0 Å². The van der Waals surface area contributed by atoms with Crippen LogP contribution in [0.5, 0.6) is 0 Å². The third-order valence-corrected chi connectivity index (χ3v) is 2.60. The van der Waals surface area contributed by atoms with Gasteiger partial charge in [-0.2, -0.15) is 0 Å². The normalized spacial score (nSPS) is 23.9. The fourth-order valence-electron chi connectivity index (χ4n) is 1.88. The van der Waals surface area contributed by atoms with E-state index in [-0.39, 0.29) is 23.5 Å². The van der Waals surface area contributed by atoms with Crippen LogP contribution in [0.4, 0.5) is 0 Å². The molecule has 0 aromatic heterocycles. The van der Waals surface area contributed by atoms with Crippen LogP contribution >= 0.6 is 0 Å². The minimum absolute atomic E-state index is 0.0559. The molecule has 1 amide bonds. The summed E-state index contributed by atoms with van der Waals surface area (Å²) in [6, 6.07) is 0.141. The van der Waals surface area contributed by atoms with Crippen LogP contribution in [0.2, 0.25) is 0 Å². The van der Waals surface area contributed by atoms with E-state index in [9.17, 15) is 4.79 Å². The average molecular weight is 213 g/mol. The second-order valence-electron chi connectivity index (χ2n) is 5.65. The van der Waals surface area contributed by atoms with Crippen molar-refractivity contribution in [3.8, 4) is 0 Å². The van der Waals surface area contributed by atoms with Crippen LogP contribution < -0.4 is 5.32 Å². The Morgan fingerprint density at radius 1 is 1.53 bits per heavy atom. The molecule has 3 nitrogen and oxygen atoms in total. The largest absolute Gasteiger partial charge is 0.376 e. The molecule has 1 saturated heterocycles. The van der Waals surface area contributed by atoms with Gasteiger partial charge < -0.3 is 10.1 Å². The monoisotopic (exact) mass is 213 g/mol. The maximum atomic E-state index is 11.7. The SMILES string of the molecule is CC(NC(=O)CC(C)(C)C)C1CCCO1. The lowest BCUT2D eigenvalue weighted by atomic mass is 9.92. The van der Waals surface area contributed by atoms with Gasteiger partial charge in [0.05, 0.1) is 12.1 Å². The van der Waals surface area contributed by atoms with E-state index in [1.165, 1.54) is 0 Å². The lowest BCUT2D eigenvalue weighted by Gasteiger charge is -2.23. The Balaban J connectivity index is 2.30. The number of ether oxygens (including phenoxy) is 1. The van der Waals surface area contributed by atoms with Gasteiger partial charge in [-0.15, -0.1) is 0 Å². The Morgan fingerprint density at radius 3 is 2.67 bits per heavy atom. The molecule has 0 aromatic rings. The van der Waals surface area contributed by atoms with Crippen molar-refractivity contribution in [3.05, 3.63) is 0 Å². The van der Waals surface area contributed by atoms with Gasteiger partial charge in [-0.25, -0.2) is 0 Å². The maximum absolute atomic E-state index is 11.7. The van der Waals surface area contributed by atoms with Crippen LogP contribution in [0.1, 0.15) is 47.0 Å². The number of carbonyl (C=O) groups excluding carboxylic acids is 1. The summed E-state index contributed by atoms with van der Waals surface area (Å²) in [7, 11) is 0. The first-order valence-electron chi connectivity index (χ1n) is 5.79. The van der Waals surface area contributed by atoms with Crippen molar-refractivity contribution in [2.75, 3.05) is 6.61 Å². The van der Waals surface area contributed by atoms with E-state index < -0.39 is 0 Å². The topological polar surface area (TPSA) is 38.3 Å². The first kappa shape index (κ1) is 12.5. The molecule has 1 aliphatic rings. The molecule has 1 heterocycles. The van der Waals surface area contributed by atoms with Crippen molar-refractivity contribution in [2.24, 2.45) is 5.41 Å². The molecule has 88 valence electrons. The Bertz CT molecular complexity index is 214. The summed E-state index contributed by atoms with van der Waals surface area (Å²) < 4.78 is 5.53. The molecule has 1 aliphatic heterocycles. The highest BCUT2D eigenvalue weighted by Crippen LogP contribution is 2.19. The number of carbonyl (C=O) groups is 1. The van der Waals surface area contributed by atoms with Crippen LogP contribution in [-0.4, -0.2) is 24.7 Å². The third-order valence-electron chi connectivity index (χ3n) is 2.60. The molecule has 0 bridgehead atoms. The van der Waals surface area contributed by atoms with Gasteiger partial charge in [0.25, 0.3) is 0 Å². The second-order valence-corrected chi connectivity index (χ2v) is 5.65. The van der Waals surface area contributed by atoms with Gasteiger partial charge in [-0.05, 0) is 25.2 Å². The van der Waals surface area contributed by atoms with Crippen molar-refractivity contribution in [1.82, 2.24) is 5.32 Å². The van der Waals surface area contributed by atoms with Crippen molar-refractivity contribution in [2.45, 2.75) is 59.1 Å². The third kappa shape index (κ3) is 4.65. The molecule has 2 atom stereocenters. The van der Waals surface area contributed by atoms with Crippen LogP contribution in [0.15, 0.2) is 0 Å². The molecule has 0 saturated carbocycles. The first-order valence-corrected chi connectivity index (χ1v) is 5.79. The van der Waals surface area contributed by atoms with E-state index >= 15 is 0 Å². The molecule has 1 N–H and O–H groups in total. The van der Waals surface area contributed by atoms with E-state index in [2.05, 4.69) is 26.1 Å². The lowest BCUT2D eigenvalue weighted by Crippen LogP contribution is -2.41. The second kappa shape index (κ2) is 4.97. The van der Waals surface area contributed by atoms with E-state index in [4.69, 9.17) is 4.74 Å². The molecule has 0 spiro atoms. The zero-order valence-electron chi connectivity index (χ0n) is 10.3. The number of rotatable bonds is 3. The standard InChI is InChI=1S/C12H23NO2/c1-9(10-6-5-7-15-10)13-11(14)8-12(2,3)4/h9-10H,5-8H2,1-4H3,(H,13,14). The fourth-order valence-corrected chi connectivity index (χ4v) is 1.88. The Morgan fingerprint density at radius 2 is 2.20 bits per heavy atom. The van der Waals surface area contributed by atoms with Gasteiger partial charge in [0.15, 0.2) is 0 Å². The summed E-state index contributed by atoms with van der Waals surface area (Å²) in [6.07, 6.45) is 2.97. The van der Waals surface area contributed by atoms with Crippen molar-refractivity contribution in [3.63, 3.8) is 0 Å². The summed E-state index contributed by atoms with van der Waals surface area (Å²) in [4.78, 5) is 11.7. The summed E-state index contributed by atoms with van der Waals surface area (Å²) in [6.45, 7) is 9.08. The van der Waals surface area contributed by atoms with Gasteiger partial charge in [0, 0.05) is 13.0 Å². The summed E-state index contributed by atoms with van der Waals surface area (Å²) in [5.74, 6) is 0.130. The smallest absolute Gasteiger partial charge is 0.220 e. The van der Waals surface area contributed by atoms with Gasteiger partial charge in [-0.1, -0.05) is 20.8 Å². The Kier molecular flexibility index (Phi) is 4.14. The molecule has 1 fully saturated rings. The zero-order valence-corrected chi connectivity index (χ0v) is 10.3. The predicted molar refractivity (Wildman–Crippen MR) is 60.7 cm³/mol. The minimum atomic E-state index is 0.0559. The summed E-state index contributed by atoms with van der Waals surface area (Å²) in [5.41, 5.74) is 0.0559. The van der Waals surface area contributed by atoms with Crippen LogP contribution in [-0.2, 0) is 9.53 Å². The molecule has 0 aromatic carbocycles. The average Bonchev–Trinajstić information content (AvgIpc) is 2.50. The molecular weight excluding hydrogens is 190 g/mol. The lowest BCUT2D eigenvalue weighted by molar-refractivity contribution is -0.124. The predicted octanol–water partition coefficient (Wildman–Crippen LogP) is 2.11. The molecule has 0 radical (unpaired) electrons. The highest BCUT2D eigenvalue weighted by atomic mass is 16.5. The number of amides is 1. The van der Waals surface area contributed by atoms with E-state index in [0.29, 0.717) is 6.42 Å². The van der Waals surface area contributed by atoms with Gasteiger partial charge in [0.2, 0.25) is 5.91 Å². The van der Waals surface area contributed by atoms with Crippen molar-refractivity contribution >= 4 is 5.91 Å². The number of nitrogens with one attached hydrogen (secondary N) is 1. The van der Waals surface area contributed by atoms with Crippen molar-refractivity contribution in [1.29, 1.82) is 0 Å². The Labute approximate surface area is 92.6 Å². The molecule has 1 rings (SSSR count). The molecule has 2 unspecified atom stereocenters. The van der Waals surface area contributed by atoms with E-state index in [0.717, 1.165) is 19.4 Å². The molecule has 3 heteroatoms. The minimum Gasteiger partial charge on any atom is -0.376 e. The number of hydrogen-bond donors (Lipinski definition) is 1. The quantitative estimate of drug-likeness (QED) is 0.779. The van der Waals surface area contributed by atoms with Crippen LogP contribution in [0.3, 0.4) is 0 Å². The van der Waals surface area contributed by atoms with Gasteiger partial charge >= 0.3 is 0 Å². The highest BCUT2D eigenvalue weighted by Gasteiger charge is 2.25. The summed E-state index contributed by atoms with van der Waals surface area (Å²) >= 11 is 0. The first-order chi connectivity index (χ1) is 6.88. The molecular formula is C12H23NO2. The molecule has 0 aliphatic carbocycles.